The summed E-state index contributed by atoms with van der Waals surface area (Å²) in [5, 5.41) is 12.5. The van der Waals surface area contributed by atoms with Gasteiger partial charge in [-0.25, -0.2) is 0 Å². The van der Waals surface area contributed by atoms with Crippen molar-refractivity contribution >= 4 is 17.2 Å². The number of nitrogens with zero attached hydrogens (tertiary/aromatic N) is 1. The van der Waals surface area contributed by atoms with Crippen molar-refractivity contribution < 1.29 is 9.90 Å². The number of phenolic OH excluding ortho intramolecular Hbond substituents is 1. The highest BCUT2D eigenvalue weighted by Crippen LogP contribution is 2.24. The monoisotopic (exact) mass is 398 g/mol. The molecular weight excluding hydrogens is 372 g/mol. The Bertz CT molecular complexity index is 1030. The van der Waals surface area contributed by atoms with Crippen molar-refractivity contribution in [1.29, 1.82) is 0 Å². The number of para-hydroxylation sites is 1. The topological polar surface area (TPSA) is 52.6 Å². The molecule has 0 saturated carbocycles. The normalized spacial score (nSPS) is 14.2. The Kier molecular flexibility index (Phi) is 6.26. The molecule has 3 aromatic carbocycles. The number of rotatable bonds is 6. The summed E-state index contributed by atoms with van der Waals surface area (Å²) in [6.07, 6.45) is 3.86. The van der Waals surface area contributed by atoms with Crippen LogP contribution in [0.5, 0.6) is 5.75 Å². The number of hydrogen-bond donors (Lipinski definition) is 2. The molecular formula is C26H26N2O2. The van der Waals surface area contributed by atoms with Crippen LogP contribution in [0.25, 0.3) is 5.57 Å². The molecule has 1 heterocycles. The van der Waals surface area contributed by atoms with Gasteiger partial charge in [0.15, 0.2) is 0 Å². The van der Waals surface area contributed by atoms with Gasteiger partial charge >= 0.3 is 0 Å². The molecule has 0 aliphatic carbocycles. The molecule has 3 aromatic rings. The fourth-order valence-electron chi connectivity index (χ4n) is 3.80. The first-order chi connectivity index (χ1) is 14.7. The van der Waals surface area contributed by atoms with Crippen molar-refractivity contribution in [3.63, 3.8) is 0 Å². The van der Waals surface area contributed by atoms with E-state index in [-0.39, 0.29) is 11.7 Å². The maximum atomic E-state index is 12.7. The van der Waals surface area contributed by atoms with Gasteiger partial charge in [-0.15, -0.1) is 0 Å². The van der Waals surface area contributed by atoms with Crippen molar-refractivity contribution in [1.82, 2.24) is 4.90 Å². The third-order valence-corrected chi connectivity index (χ3v) is 5.43. The lowest BCUT2D eigenvalue weighted by Crippen LogP contribution is -2.36. The first-order valence-electron chi connectivity index (χ1n) is 10.3. The summed E-state index contributed by atoms with van der Waals surface area (Å²) in [5.74, 6) is 0.290. The molecule has 30 heavy (non-hydrogen) atoms. The van der Waals surface area contributed by atoms with Crippen molar-refractivity contribution in [2.75, 3.05) is 25.0 Å². The van der Waals surface area contributed by atoms with Gasteiger partial charge in [0.25, 0.3) is 0 Å². The standard InChI is InChI=1S/C26H26N2O2/c29-24-12-10-21(11-13-24)22-14-16-28(17-15-22)19-26(30)27-25-9-5-4-8-23(25)18-20-6-2-1-3-7-20/h1-14,29H,15-19H2,(H,27,30). The SMILES string of the molecule is O=C(CN1CC=C(c2ccc(O)cc2)CC1)Nc1ccccc1Cc1ccccc1. The van der Waals surface area contributed by atoms with E-state index in [0.29, 0.717) is 6.54 Å². The van der Waals surface area contributed by atoms with Crippen LogP contribution in [0.15, 0.2) is 84.9 Å². The molecule has 0 unspecified atom stereocenters. The zero-order chi connectivity index (χ0) is 20.8. The lowest BCUT2D eigenvalue weighted by molar-refractivity contribution is -0.117. The number of amides is 1. The van der Waals surface area contributed by atoms with E-state index in [4.69, 9.17) is 0 Å². The first kappa shape index (κ1) is 19.9. The minimum atomic E-state index is 0.0111. The van der Waals surface area contributed by atoms with Crippen LogP contribution in [0.1, 0.15) is 23.1 Å². The highest BCUT2D eigenvalue weighted by Gasteiger charge is 2.16. The van der Waals surface area contributed by atoms with Crippen molar-refractivity contribution in [3.8, 4) is 5.75 Å². The maximum Gasteiger partial charge on any atom is 0.238 e. The van der Waals surface area contributed by atoms with Gasteiger partial charge in [-0.05, 0) is 53.3 Å². The Hall–Kier alpha value is -3.37. The van der Waals surface area contributed by atoms with E-state index in [1.54, 1.807) is 12.1 Å². The molecule has 0 spiro atoms. The third kappa shape index (κ3) is 5.16. The molecule has 4 nitrogen and oxygen atoms in total. The molecule has 0 bridgehead atoms. The smallest absolute Gasteiger partial charge is 0.238 e. The third-order valence-electron chi connectivity index (χ3n) is 5.43. The van der Waals surface area contributed by atoms with E-state index in [9.17, 15) is 9.90 Å². The minimum Gasteiger partial charge on any atom is -0.508 e. The van der Waals surface area contributed by atoms with Gasteiger partial charge in [0.1, 0.15) is 5.75 Å². The minimum absolute atomic E-state index is 0.0111. The Morgan fingerprint density at radius 3 is 2.40 bits per heavy atom. The molecule has 0 fully saturated rings. The molecule has 152 valence electrons. The van der Waals surface area contributed by atoms with Gasteiger partial charge in [-0.1, -0.05) is 66.7 Å². The van der Waals surface area contributed by atoms with Crippen LogP contribution in [0, 0.1) is 0 Å². The fraction of sp³-hybridized carbons (Fsp3) is 0.192. The summed E-state index contributed by atoms with van der Waals surface area (Å²) in [6, 6.07) is 25.6. The van der Waals surface area contributed by atoms with E-state index >= 15 is 0 Å². The molecule has 0 saturated heterocycles. The first-order valence-corrected chi connectivity index (χ1v) is 10.3. The van der Waals surface area contributed by atoms with E-state index in [0.717, 1.165) is 42.7 Å². The van der Waals surface area contributed by atoms with Crippen molar-refractivity contribution in [3.05, 3.63) is 102 Å². The van der Waals surface area contributed by atoms with Gasteiger partial charge in [0.05, 0.1) is 6.54 Å². The molecule has 1 aliphatic rings. The van der Waals surface area contributed by atoms with Crippen LogP contribution >= 0.6 is 0 Å². The lowest BCUT2D eigenvalue weighted by Gasteiger charge is -2.26. The predicted octanol–water partition coefficient (Wildman–Crippen LogP) is 4.71. The number of benzene rings is 3. The van der Waals surface area contributed by atoms with Crippen LogP contribution in [0.3, 0.4) is 0 Å². The summed E-state index contributed by atoms with van der Waals surface area (Å²) in [6.45, 7) is 1.96. The Balaban J connectivity index is 1.35. The number of anilines is 1. The quantitative estimate of drug-likeness (QED) is 0.632. The highest BCUT2D eigenvalue weighted by molar-refractivity contribution is 5.93. The molecule has 4 rings (SSSR count). The maximum absolute atomic E-state index is 12.7. The summed E-state index contributed by atoms with van der Waals surface area (Å²) in [7, 11) is 0. The van der Waals surface area contributed by atoms with Gasteiger partial charge in [-0.3, -0.25) is 9.69 Å². The number of carbonyl (C=O) groups is 1. The average Bonchev–Trinajstić information content (AvgIpc) is 2.77. The van der Waals surface area contributed by atoms with Gasteiger partial charge in [-0.2, -0.15) is 0 Å². The summed E-state index contributed by atoms with van der Waals surface area (Å²) >= 11 is 0. The molecule has 0 aromatic heterocycles. The van der Waals surface area contributed by atoms with Crippen LogP contribution in [-0.2, 0) is 11.2 Å². The highest BCUT2D eigenvalue weighted by atomic mass is 16.3. The van der Waals surface area contributed by atoms with E-state index in [2.05, 4.69) is 34.5 Å². The Labute approximate surface area is 177 Å². The largest absolute Gasteiger partial charge is 0.508 e. The van der Waals surface area contributed by atoms with Gasteiger partial charge in [0, 0.05) is 18.8 Å². The summed E-state index contributed by atoms with van der Waals surface area (Å²) < 4.78 is 0. The Morgan fingerprint density at radius 2 is 1.67 bits per heavy atom. The molecule has 0 atom stereocenters. The average molecular weight is 399 g/mol. The number of aromatic hydroxyl groups is 1. The van der Waals surface area contributed by atoms with Crippen molar-refractivity contribution in [2.24, 2.45) is 0 Å². The number of carbonyl (C=O) groups excluding carboxylic acids is 1. The van der Waals surface area contributed by atoms with Crippen LogP contribution in [0.2, 0.25) is 0 Å². The fourth-order valence-corrected chi connectivity index (χ4v) is 3.80. The molecule has 1 aliphatic heterocycles. The predicted molar refractivity (Wildman–Crippen MR) is 121 cm³/mol. The molecule has 4 heteroatoms. The zero-order valence-corrected chi connectivity index (χ0v) is 16.9. The number of hydrogen-bond acceptors (Lipinski definition) is 3. The van der Waals surface area contributed by atoms with E-state index < -0.39 is 0 Å². The van der Waals surface area contributed by atoms with Crippen LogP contribution in [-0.4, -0.2) is 35.5 Å². The molecule has 0 radical (unpaired) electrons. The van der Waals surface area contributed by atoms with Gasteiger partial charge < -0.3 is 10.4 Å². The Morgan fingerprint density at radius 1 is 0.933 bits per heavy atom. The van der Waals surface area contributed by atoms with E-state index in [1.165, 1.54) is 11.1 Å². The summed E-state index contributed by atoms with van der Waals surface area (Å²) in [4.78, 5) is 14.8. The number of phenols is 1. The second kappa shape index (κ2) is 9.42. The second-order valence-electron chi connectivity index (χ2n) is 7.63. The van der Waals surface area contributed by atoms with Crippen molar-refractivity contribution in [2.45, 2.75) is 12.8 Å². The zero-order valence-electron chi connectivity index (χ0n) is 16.9. The second-order valence-corrected chi connectivity index (χ2v) is 7.63. The van der Waals surface area contributed by atoms with Gasteiger partial charge in [0.2, 0.25) is 5.91 Å². The number of nitrogens with one attached hydrogen (secondary N) is 1. The summed E-state index contributed by atoms with van der Waals surface area (Å²) in [5.41, 5.74) is 5.61. The lowest BCUT2D eigenvalue weighted by atomic mass is 9.99. The van der Waals surface area contributed by atoms with Crippen LogP contribution < -0.4 is 5.32 Å². The van der Waals surface area contributed by atoms with E-state index in [1.807, 2.05) is 48.5 Å². The van der Waals surface area contributed by atoms with Crippen LogP contribution in [0.4, 0.5) is 5.69 Å². The molecule has 1 amide bonds. The molecule has 2 N–H and O–H groups in total.